The van der Waals surface area contributed by atoms with Gasteiger partial charge in [-0.05, 0) is 23.3 Å². The number of alkyl halides is 5. The van der Waals surface area contributed by atoms with Gasteiger partial charge in [-0.3, -0.25) is 0 Å². The third-order valence-corrected chi connectivity index (χ3v) is 3.34. The van der Waals surface area contributed by atoms with Gasteiger partial charge in [-0.15, -0.1) is 0 Å². The van der Waals surface area contributed by atoms with Crippen LogP contribution in [-0.2, 0) is 11.3 Å². The minimum absolute atomic E-state index is 0.125. The summed E-state index contributed by atoms with van der Waals surface area (Å²) in [5, 5.41) is 2.49. The average molecular weight is 401 g/mol. The van der Waals surface area contributed by atoms with Crippen molar-refractivity contribution in [3.8, 4) is 5.75 Å². The predicted octanol–water partition coefficient (Wildman–Crippen LogP) is 5.16. The van der Waals surface area contributed by atoms with E-state index in [0.29, 0.717) is 5.56 Å². The van der Waals surface area contributed by atoms with Gasteiger partial charge < -0.3 is 14.8 Å². The maximum Gasteiger partial charge on any atom is 0.499 e. The van der Waals surface area contributed by atoms with Crippen molar-refractivity contribution in [2.24, 2.45) is 0 Å². The minimum Gasteiger partial charge on any atom is -0.445 e. The molecule has 0 fully saturated rings. The van der Waals surface area contributed by atoms with Gasteiger partial charge in [-0.2, -0.15) is 22.0 Å². The molecule has 0 aliphatic rings. The molecular weight excluding hydrogens is 385 g/mol. The number of carbonyl (C=O) groups excluding carboxylic acids is 1. The van der Waals surface area contributed by atoms with Crippen LogP contribution in [0.25, 0.3) is 6.08 Å². The largest absolute Gasteiger partial charge is 0.499 e. The van der Waals surface area contributed by atoms with E-state index in [9.17, 15) is 26.7 Å². The number of alkyl carbamates (subject to hydrolysis) is 1. The fourth-order valence-electron chi connectivity index (χ4n) is 1.96. The second kappa shape index (κ2) is 9.20. The smallest absolute Gasteiger partial charge is 0.445 e. The molecule has 0 radical (unpaired) electrons. The Labute approximate surface area is 157 Å². The zero-order chi connectivity index (χ0) is 20.6. The van der Waals surface area contributed by atoms with Gasteiger partial charge in [0.05, 0.1) is 0 Å². The van der Waals surface area contributed by atoms with Crippen LogP contribution in [-0.4, -0.2) is 24.9 Å². The zero-order valence-electron chi connectivity index (χ0n) is 14.4. The molecule has 0 saturated carbocycles. The van der Waals surface area contributed by atoms with Gasteiger partial charge in [-0.1, -0.05) is 54.6 Å². The van der Waals surface area contributed by atoms with E-state index in [1.807, 2.05) is 30.3 Å². The van der Waals surface area contributed by atoms with Crippen molar-refractivity contribution in [1.82, 2.24) is 5.32 Å². The summed E-state index contributed by atoms with van der Waals surface area (Å²) in [6, 6.07) is 13.7. The van der Waals surface area contributed by atoms with Crippen LogP contribution in [0, 0.1) is 0 Å². The summed E-state index contributed by atoms with van der Waals surface area (Å²) in [5.41, 5.74) is 1.36. The summed E-state index contributed by atoms with van der Waals surface area (Å²) in [7, 11) is 0. The summed E-state index contributed by atoms with van der Waals surface area (Å²) >= 11 is 0. The number of ether oxygens (including phenoxy) is 2. The van der Waals surface area contributed by atoms with E-state index in [2.05, 4.69) is 10.1 Å². The number of nitrogens with one attached hydrogen (secondary N) is 1. The Balaban J connectivity index is 1.76. The molecule has 0 aromatic heterocycles. The molecule has 0 atom stereocenters. The SMILES string of the molecule is O=C(NCC=Cc1ccc(OC(F)(F)C(F)(F)F)cc1)OCc1ccccc1. The molecule has 0 bridgehead atoms. The van der Waals surface area contributed by atoms with Crippen molar-refractivity contribution < 1.29 is 36.2 Å². The van der Waals surface area contributed by atoms with Crippen LogP contribution < -0.4 is 10.1 Å². The first-order valence-electron chi connectivity index (χ1n) is 8.02. The lowest BCUT2D eigenvalue weighted by molar-refractivity contribution is -0.360. The maximum atomic E-state index is 12.8. The van der Waals surface area contributed by atoms with Gasteiger partial charge in [0, 0.05) is 6.54 Å². The highest BCUT2D eigenvalue weighted by Crippen LogP contribution is 2.37. The normalized spacial score (nSPS) is 12.0. The Kier molecular flexibility index (Phi) is 6.97. The van der Waals surface area contributed by atoms with Crippen LogP contribution >= 0.6 is 0 Å². The molecular formula is C19H16F5NO3. The first kappa shape index (κ1) is 21.2. The summed E-state index contributed by atoms with van der Waals surface area (Å²) in [5.74, 6) is -0.623. The van der Waals surface area contributed by atoms with Crippen molar-refractivity contribution in [2.45, 2.75) is 18.9 Å². The fraction of sp³-hybridized carbons (Fsp3) is 0.211. The van der Waals surface area contributed by atoms with Gasteiger partial charge in [0.1, 0.15) is 12.4 Å². The van der Waals surface area contributed by atoms with E-state index >= 15 is 0 Å². The van der Waals surface area contributed by atoms with E-state index in [-0.39, 0.29) is 13.2 Å². The molecule has 150 valence electrons. The zero-order valence-corrected chi connectivity index (χ0v) is 14.4. The van der Waals surface area contributed by atoms with Crippen LogP contribution in [0.2, 0.25) is 0 Å². The second-order valence-corrected chi connectivity index (χ2v) is 5.53. The Morgan fingerprint density at radius 2 is 1.61 bits per heavy atom. The Hall–Kier alpha value is -3.10. The number of hydrogen-bond donors (Lipinski definition) is 1. The van der Waals surface area contributed by atoms with Gasteiger partial charge in [0.15, 0.2) is 0 Å². The molecule has 0 spiro atoms. The van der Waals surface area contributed by atoms with Gasteiger partial charge >= 0.3 is 18.4 Å². The van der Waals surface area contributed by atoms with Crippen LogP contribution in [0.5, 0.6) is 5.75 Å². The van der Waals surface area contributed by atoms with Crippen molar-refractivity contribution in [3.63, 3.8) is 0 Å². The molecule has 2 aromatic rings. The minimum atomic E-state index is -5.80. The standard InChI is InChI=1S/C19H16F5NO3/c20-18(21,22)19(23,24)28-16-10-8-14(9-11-16)7-4-12-25-17(26)27-13-15-5-2-1-3-6-15/h1-11H,12-13H2,(H,25,26). The molecule has 9 heteroatoms. The monoisotopic (exact) mass is 401 g/mol. The molecule has 1 amide bonds. The van der Waals surface area contributed by atoms with E-state index in [0.717, 1.165) is 17.7 Å². The lowest BCUT2D eigenvalue weighted by Gasteiger charge is -2.20. The lowest BCUT2D eigenvalue weighted by Crippen LogP contribution is -2.41. The molecule has 2 rings (SSSR count). The van der Waals surface area contributed by atoms with Gasteiger partial charge in [-0.25, -0.2) is 4.79 Å². The number of halogens is 5. The number of carbonyl (C=O) groups is 1. The van der Waals surface area contributed by atoms with E-state index in [1.54, 1.807) is 12.2 Å². The average Bonchev–Trinajstić information content (AvgIpc) is 2.64. The molecule has 2 aromatic carbocycles. The maximum absolute atomic E-state index is 12.8. The molecule has 28 heavy (non-hydrogen) atoms. The predicted molar refractivity (Wildman–Crippen MR) is 91.7 cm³/mol. The first-order chi connectivity index (χ1) is 13.2. The Bertz CT molecular complexity index is 789. The highest BCUT2D eigenvalue weighted by molar-refractivity contribution is 5.67. The van der Waals surface area contributed by atoms with Crippen molar-refractivity contribution in [2.75, 3.05) is 6.54 Å². The van der Waals surface area contributed by atoms with Gasteiger partial charge in [0.2, 0.25) is 0 Å². The van der Waals surface area contributed by atoms with Crippen LogP contribution in [0.1, 0.15) is 11.1 Å². The molecule has 0 saturated heterocycles. The summed E-state index contributed by atoms with van der Waals surface area (Å²) in [6.07, 6.45) is -8.58. The van der Waals surface area contributed by atoms with Crippen molar-refractivity contribution >= 4 is 12.2 Å². The second-order valence-electron chi connectivity index (χ2n) is 5.53. The van der Waals surface area contributed by atoms with E-state index < -0.39 is 24.1 Å². The fourth-order valence-corrected chi connectivity index (χ4v) is 1.96. The molecule has 0 aliphatic heterocycles. The molecule has 0 unspecified atom stereocenters. The van der Waals surface area contributed by atoms with Crippen LogP contribution in [0.4, 0.5) is 26.7 Å². The highest BCUT2D eigenvalue weighted by atomic mass is 19.4. The molecule has 0 heterocycles. The topological polar surface area (TPSA) is 47.6 Å². The van der Waals surface area contributed by atoms with Crippen molar-refractivity contribution in [1.29, 1.82) is 0 Å². The van der Waals surface area contributed by atoms with Gasteiger partial charge in [0.25, 0.3) is 0 Å². The Morgan fingerprint density at radius 3 is 2.21 bits per heavy atom. The van der Waals surface area contributed by atoms with E-state index in [4.69, 9.17) is 4.74 Å². The molecule has 0 aliphatic carbocycles. The highest BCUT2D eigenvalue weighted by Gasteiger charge is 2.61. The number of amides is 1. The third-order valence-electron chi connectivity index (χ3n) is 3.34. The third kappa shape index (κ3) is 6.57. The summed E-state index contributed by atoms with van der Waals surface area (Å²) in [4.78, 5) is 11.5. The number of hydrogen-bond acceptors (Lipinski definition) is 3. The first-order valence-corrected chi connectivity index (χ1v) is 8.02. The number of rotatable bonds is 7. The molecule has 4 nitrogen and oxygen atoms in total. The summed E-state index contributed by atoms with van der Waals surface area (Å²) in [6.45, 7) is 0.262. The molecule has 1 N–H and O–H groups in total. The van der Waals surface area contributed by atoms with Crippen LogP contribution in [0.3, 0.4) is 0 Å². The lowest BCUT2D eigenvalue weighted by atomic mass is 10.2. The quantitative estimate of drug-likeness (QED) is 0.652. The van der Waals surface area contributed by atoms with Crippen LogP contribution in [0.15, 0.2) is 60.7 Å². The number of benzene rings is 2. The van der Waals surface area contributed by atoms with Crippen molar-refractivity contribution in [3.05, 3.63) is 71.8 Å². The summed E-state index contributed by atoms with van der Waals surface area (Å²) < 4.78 is 70.6. The Morgan fingerprint density at radius 1 is 0.964 bits per heavy atom. The van der Waals surface area contributed by atoms with E-state index in [1.165, 1.54) is 12.1 Å².